The molecule has 3 fully saturated rings. The van der Waals surface area contributed by atoms with Crippen LogP contribution in [0.15, 0.2) is 24.4 Å². The molecule has 0 N–H and O–H groups in total. The zero-order valence-electron chi connectivity index (χ0n) is 14.0. The fourth-order valence-electron chi connectivity index (χ4n) is 4.16. The second-order valence-corrected chi connectivity index (χ2v) is 6.94. The van der Waals surface area contributed by atoms with Crippen LogP contribution in [-0.2, 0) is 20.9 Å². The van der Waals surface area contributed by atoms with Gasteiger partial charge in [-0.05, 0) is 31.4 Å². The van der Waals surface area contributed by atoms with E-state index < -0.39 is 0 Å². The van der Waals surface area contributed by atoms with Crippen LogP contribution in [0.5, 0.6) is 0 Å². The van der Waals surface area contributed by atoms with Crippen LogP contribution in [-0.4, -0.2) is 59.8 Å². The molecule has 4 rings (SSSR count). The minimum absolute atomic E-state index is 0.0217. The summed E-state index contributed by atoms with van der Waals surface area (Å²) < 4.78 is 5.97. The number of pyridine rings is 1. The minimum atomic E-state index is 0.0217. The van der Waals surface area contributed by atoms with Crippen LogP contribution in [0.25, 0.3) is 0 Å². The number of carbonyl (C=O) groups is 1. The number of nitrogens with zero attached hydrogens (tertiary/aromatic N) is 3. The van der Waals surface area contributed by atoms with Crippen molar-refractivity contribution in [1.29, 1.82) is 0 Å². The Labute approximate surface area is 142 Å². The average Bonchev–Trinajstić information content (AvgIpc) is 3.16. The molecule has 6 heteroatoms. The van der Waals surface area contributed by atoms with Gasteiger partial charge < -0.3 is 4.74 Å². The number of aromatic nitrogens is 1. The molecule has 0 radical (unpaired) electrons. The minimum Gasteiger partial charge on any atom is -0.378 e. The largest absolute Gasteiger partial charge is 0.378 e. The molecule has 0 unspecified atom stereocenters. The molecule has 130 valence electrons. The van der Waals surface area contributed by atoms with Gasteiger partial charge in [-0.25, -0.2) is 5.06 Å². The quantitative estimate of drug-likeness (QED) is 0.840. The van der Waals surface area contributed by atoms with Crippen LogP contribution in [0, 0.1) is 11.8 Å². The van der Waals surface area contributed by atoms with Gasteiger partial charge in [0, 0.05) is 44.3 Å². The van der Waals surface area contributed by atoms with Crippen molar-refractivity contribution in [3.05, 3.63) is 30.1 Å². The first kappa shape index (κ1) is 16.0. The Bertz CT molecular complexity index is 562. The summed E-state index contributed by atoms with van der Waals surface area (Å²) >= 11 is 0. The summed E-state index contributed by atoms with van der Waals surface area (Å²) in [5.41, 5.74) is 1.08. The summed E-state index contributed by atoms with van der Waals surface area (Å²) in [5.74, 6) is 0.437. The zero-order valence-corrected chi connectivity index (χ0v) is 14.0. The molecule has 3 atom stereocenters. The number of fused-ring (bicyclic) bond motifs is 1. The predicted molar refractivity (Wildman–Crippen MR) is 87.8 cm³/mol. The van der Waals surface area contributed by atoms with E-state index in [0.717, 1.165) is 51.1 Å². The number of carbonyl (C=O) groups excluding carboxylic acids is 1. The lowest BCUT2D eigenvalue weighted by Gasteiger charge is -2.45. The van der Waals surface area contributed by atoms with Gasteiger partial charge in [-0.3, -0.25) is 19.5 Å². The van der Waals surface area contributed by atoms with Gasteiger partial charge in [0.25, 0.3) is 0 Å². The molecule has 3 aliphatic heterocycles. The Balaban J connectivity index is 1.44. The average molecular weight is 331 g/mol. The highest BCUT2D eigenvalue weighted by molar-refractivity contribution is 5.78. The summed E-state index contributed by atoms with van der Waals surface area (Å²) in [6.07, 6.45) is 4.77. The molecule has 3 aliphatic rings. The fourth-order valence-corrected chi connectivity index (χ4v) is 4.16. The maximum atomic E-state index is 12.8. The lowest BCUT2D eigenvalue weighted by atomic mass is 9.79. The Morgan fingerprint density at radius 1 is 1.25 bits per heavy atom. The van der Waals surface area contributed by atoms with Gasteiger partial charge >= 0.3 is 0 Å². The second-order valence-electron chi connectivity index (χ2n) is 6.94. The molecule has 3 saturated heterocycles. The zero-order chi connectivity index (χ0) is 16.4. The maximum Gasteiger partial charge on any atom is 0.249 e. The van der Waals surface area contributed by atoms with E-state index in [0.29, 0.717) is 13.2 Å². The SMILES string of the molecule is O=C([C@@H]1CCO[C@@H]2CCN(Cc3ccccn3)C[C@H]21)N1CCCO1. The molecule has 1 aromatic heterocycles. The van der Waals surface area contributed by atoms with Gasteiger partial charge in [-0.2, -0.15) is 0 Å². The van der Waals surface area contributed by atoms with E-state index in [9.17, 15) is 4.79 Å². The number of hydrogen-bond donors (Lipinski definition) is 0. The Kier molecular flexibility index (Phi) is 4.78. The first-order chi connectivity index (χ1) is 11.8. The highest BCUT2D eigenvalue weighted by atomic mass is 16.7. The number of rotatable bonds is 3. The van der Waals surface area contributed by atoms with Crippen molar-refractivity contribution >= 4 is 5.91 Å². The predicted octanol–water partition coefficient (Wildman–Crippen LogP) is 1.47. The Hall–Kier alpha value is -1.50. The van der Waals surface area contributed by atoms with Crippen molar-refractivity contribution in [2.24, 2.45) is 11.8 Å². The molecule has 0 saturated carbocycles. The molecule has 4 heterocycles. The van der Waals surface area contributed by atoms with Gasteiger partial charge in [0.1, 0.15) is 0 Å². The topological polar surface area (TPSA) is 54.9 Å². The van der Waals surface area contributed by atoms with E-state index in [-0.39, 0.29) is 23.8 Å². The van der Waals surface area contributed by atoms with E-state index in [1.165, 1.54) is 0 Å². The third kappa shape index (κ3) is 3.31. The summed E-state index contributed by atoms with van der Waals surface area (Å²) in [4.78, 5) is 25.2. The van der Waals surface area contributed by atoms with Crippen LogP contribution >= 0.6 is 0 Å². The van der Waals surface area contributed by atoms with Crippen LogP contribution < -0.4 is 0 Å². The molecule has 0 bridgehead atoms. The van der Waals surface area contributed by atoms with Crippen molar-refractivity contribution in [2.75, 3.05) is 32.8 Å². The highest BCUT2D eigenvalue weighted by Gasteiger charge is 2.43. The molecule has 0 spiro atoms. The van der Waals surface area contributed by atoms with Crippen molar-refractivity contribution in [3.8, 4) is 0 Å². The number of hydroxylamine groups is 2. The normalized spacial score (nSPS) is 31.0. The lowest BCUT2D eigenvalue weighted by Crippen LogP contribution is -2.53. The molecular formula is C18H25N3O3. The number of ether oxygens (including phenoxy) is 1. The molecule has 6 nitrogen and oxygen atoms in total. The first-order valence-corrected chi connectivity index (χ1v) is 8.99. The molecule has 0 aliphatic carbocycles. The van der Waals surface area contributed by atoms with Crippen LogP contribution in [0.4, 0.5) is 0 Å². The Morgan fingerprint density at radius 3 is 3.00 bits per heavy atom. The second kappa shape index (κ2) is 7.17. The maximum absolute atomic E-state index is 12.8. The monoisotopic (exact) mass is 331 g/mol. The van der Waals surface area contributed by atoms with Crippen LogP contribution in [0.1, 0.15) is 25.0 Å². The molecule has 1 aromatic rings. The van der Waals surface area contributed by atoms with Gasteiger partial charge in [0.2, 0.25) is 5.91 Å². The van der Waals surface area contributed by atoms with Crippen LogP contribution in [0.2, 0.25) is 0 Å². The summed E-state index contributed by atoms with van der Waals surface area (Å²) in [7, 11) is 0. The van der Waals surface area contributed by atoms with E-state index in [1.807, 2.05) is 18.3 Å². The van der Waals surface area contributed by atoms with E-state index >= 15 is 0 Å². The van der Waals surface area contributed by atoms with E-state index in [2.05, 4.69) is 16.0 Å². The van der Waals surface area contributed by atoms with Crippen molar-refractivity contribution < 1.29 is 14.4 Å². The third-order valence-corrected chi connectivity index (χ3v) is 5.38. The van der Waals surface area contributed by atoms with Crippen molar-refractivity contribution in [2.45, 2.75) is 31.9 Å². The molecular weight excluding hydrogens is 306 g/mol. The van der Waals surface area contributed by atoms with Crippen molar-refractivity contribution in [1.82, 2.24) is 14.9 Å². The number of hydrogen-bond acceptors (Lipinski definition) is 5. The Morgan fingerprint density at radius 2 is 2.21 bits per heavy atom. The first-order valence-electron chi connectivity index (χ1n) is 8.99. The van der Waals surface area contributed by atoms with E-state index in [1.54, 1.807) is 5.06 Å². The molecule has 1 amide bonds. The number of amides is 1. The van der Waals surface area contributed by atoms with Gasteiger partial charge in [0.05, 0.1) is 24.9 Å². The van der Waals surface area contributed by atoms with Gasteiger partial charge in [-0.15, -0.1) is 0 Å². The summed E-state index contributed by atoms with van der Waals surface area (Å²) in [6.45, 7) is 4.81. The number of piperidine rings is 1. The third-order valence-electron chi connectivity index (χ3n) is 5.38. The summed E-state index contributed by atoms with van der Waals surface area (Å²) in [6, 6.07) is 6.02. The number of likely N-dealkylation sites (tertiary alicyclic amines) is 1. The summed E-state index contributed by atoms with van der Waals surface area (Å²) in [5, 5.41) is 1.59. The standard InChI is InChI=1S/C18H25N3O3/c22-18(21-8-3-10-24-21)15-6-11-23-17-5-9-20(13-16(15)17)12-14-4-1-2-7-19-14/h1-2,4,7,15-17H,3,5-6,8-13H2/t15-,16+,17-/m1/s1. The molecule has 24 heavy (non-hydrogen) atoms. The molecule has 0 aromatic carbocycles. The lowest BCUT2D eigenvalue weighted by molar-refractivity contribution is -0.185. The van der Waals surface area contributed by atoms with Gasteiger partial charge in [0.15, 0.2) is 0 Å². The van der Waals surface area contributed by atoms with Crippen LogP contribution in [0.3, 0.4) is 0 Å². The fraction of sp³-hybridized carbons (Fsp3) is 0.667. The van der Waals surface area contributed by atoms with Gasteiger partial charge in [-0.1, -0.05) is 6.07 Å². The highest BCUT2D eigenvalue weighted by Crippen LogP contribution is 2.35. The van der Waals surface area contributed by atoms with Crippen molar-refractivity contribution in [3.63, 3.8) is 0 Å². The smallest absolute Gasteiger partial charge is 0.249 e. The van der Waals surface area contributed by atoms with E-state index in [4.69, 9.17) is 9.57 Å².